The van der Waals surface area contributed by atoms with Gasteiger partial charge in [0.05, 0.1) is 9.79 Å². The van der Waals surface area contributed by atoms with E-state index < -0.39 is 23.9 Å². The quantitative estimate of drug-likeness (QED) is 0.550. The maximum atomic E-state index is 13.2. The van der Waals surface area contributed by atoms with Crippen molar-refractivity contribution in [3.05, 3.63) is 93.4 Å². The first-order valence-electron chi connectivity index (χ1n) is 8.41. The zero-order valence-corrected chi connectivity index (χ0v) is 18.5. The Morgan fingerprint density at radius 3 is 2.00 bits per heavy atom. The van der Waals surface area contributed by atoms with E-state index in [-0.39, 0.29) is 9.79 Å². The number of hydrogen-bond acceptors (Lipinski definition) is 6. The second-order valence-corrected chi connectivity index (χ2v) is 11.1. The third-order valence-corrected chi connectivity index (χ3v) is 8.85. The number of pyridine rings is 1. The molecule has 3 rings (SSSR count). The molecule has 0 atom stereocenters. The first-order chi connectivity index (χ1) is 13.7. The lowest BCUT2D eigenvalue weighted by Gasteiger charge is -2.12. The van der Waals surface area contributed by atoms with Crippen LogP contribution >= 0.6 is 15.9 Å². The van der Waals surface area contributed by atoms with Crippen LogP contribution in [0.15, 0.2) is 97.6 Å². The molecule has 1 heterocycles. The molecule has 150 valence electrons. The van der Waals surface area contributed by atoms with E-state index in [0.29, 0.717) is 5.82 Å². The van der Waals surface area contributed by atoms with Crippen LogP contribution in [0.3, 0.4) is 0 Å². The Hall–Kier alpha value is -2.49. The summed E-state index contributed by atoms with van der Waals surface area (Å²) in [5.74, 6) is 0.299. The van der Waals surface area contributed by atoms with Gasteiger partial charge in [-0.15, -0.1) is 0 Å². The van der Waals surface area contributed by atoms with E-state index in [1.165, 1.54) is 42.6 Å². The molecular weight excluding hydrogens is 476 g/mol. The van der Waals surface area contributed by atoms with E-state index in [9.17, 15) is 16.8 Å². The van der Waals surface area contributed by atoms with E-state index in [1.807, 2.05) is 6.92 Å². The first kappa shape index (κ1) is 21.2. The number of halogens is 1. The average Bonchev–Trinajstić information content (AvgIpc) is 2.70. The summed E-state index contributed by atoms with van der Waals surface area (Å²) in [6.45, 7) is 1.81. The average molecular weight is 493 g/mol. The van der Waals surface area contributed by atoms with Crippen molar-refractivity contribution in [3.8, 4) is 0 Å². The number of aryl methyl sites for hydroxylation is 1. The van der Waals surface area contributed by atoms with Crippen LogP contribution in [-0.2, 0) is 19.7 Å². The summed E-state index contributed by atoms with van der Waals surface area (Å²) in [5, 5.41) is 2.68. The summed E-state index contributed by atoms with van der Waals surface area (Å²) in [4.78, 5) is 3.85. The summed E-state index contributed by atoms with van der Waals surface area (Å²) >= 11 is 3.26. The van der Waals surface area contributed by atoms with Crippen molar-refractivity contribution in [2.75, 3.05) is 5.32 Å². The fourth-order valence-corrected chi connectivity index (χ4v) is 6.31. The maximum Gasteiger partial charge on any atom is 0.219 e. The molecule has 6 nitrogen and oxygen atoms in total. The van der Waals surface area contributed by atoms with Crippen LogP contribution < -0.4 is 5.32 Å². The zero-order chi connectivity index (χ0) is 21.1. The highest BCUT2D eigenvalue weighted by Gasteiger charge is 2.33. The maximum absolute atomic E-state index is 13.2. The largest absolute Gasteiger partial charge is 0.345 e. The fourth-order valence-electron chi connectivity index (χ4n) is 2.44. The Morgan fingerprint density at radius 1 is 0.862 bits per heavy atom. The van der Waals surface area contributed by atoms with Crippen LogP contribution in [-0.4, -0.2) is 21.8 Å². The van der Waals surface area contributed by atoms with Gasteiger partial charge >= 0.3 is 0 Å². The molecule has 0 saturated carbocycles. The van der Waals surface area contributed by atoms with Crippen molar-refractivity contribution in [1.29, 1.82) is 0 Å². The highest BCUT2D eigenvalue weighted by molar-refractivity contribution is 9.10. The van der Waals surface area contributed by atoms with Crippen molar-refractivity contribution in [2.45, 2.75) is 16.7 Å². The smallest absolute Gasteiger partial charge is 0.219 e. The van der Waals surface area contributed by atoms with Crippen LogP contribution in [0.1, 0.15) is 5.56 Å². The van der Waals surface area contributed by atoms with Crippen molar-refractivity contribution in [2.24, 2.45) is 0 Å². The van der Waals surface area contributed by atoms with Crippen molar-refractivity contribution < 1.29 is 16.8 Å². The summed E-state index contributed by atoms with van der Waals surface area (Å²) in [6.07, 6.45) is 2.48. The molecule has 0 spiro atoms. The molecule has 1 aromatic heterocycles. The Kier molecular flexibility index (Phi) is 6.21. The lowest BCUT2D eigenvalue weighted by Crippen LogP contribution is -2.16. The Morgan fingerprint density at radius 2 is 1.45 bits per heavy atom. The normalized spacial score (nSPS) is 12.6. The minimum absolute atomic E-state index is 0.112. The number of aromatic nitrogens is 1. The molecular formula is C20H17BrN2O4S2. The van der Waals surface area contributed by atoms with Gasteiger partial charge in [-0.3, -0.25) is 0 Å². The molecule has 0 fully saturated rings. The van der Waals surface area contributed by atoms with Gasteiger partial charge in [-0.05, 0) is 59.3 Å². The lowest BCUT2D eigenvalue weighted by molar-refractivity contribution is 0.595. The summed E-state index contributed by atoms with van der Waals surface area (Å²) in [6, 6.07) is 16.7. The zero-order valence-electron chi connectivity index (χ0n) is 15.3. The van der Waals surface area contributed by atoms with E-state index in [0.717, 1.165) is 16.2 Å². The fraction of sp³-hybridized carbons (Fsp3) is 0.0500. The summed E-state index contributed by atoms with van der Waals surface area (Å²) in [7, 11) is -8.65. The number of sulfone groups is 2. The predicted octanol–water partition coefficient (Wildman–Crippen LogP) is 4.31. The van der Waals surface area contributed by atoms with Gasteiger partial charge in [0.2, 0.25) is 19.7 Å². The SMILES string of the molecule is Cc1ccc(S(=O)(=O)C(=CNc2ccc(Br)cn2)S(=O)(=O)c2ccccc2)cc1. The van der Waals surface area contributed by atoms with Gasteiger partial charge in [-0.1, -0.05) is 35.9 Å². The van der Waals surface area contributed by atoms with E-state index >= 15 is 0 Å². The number of rotatable bonds is 6. The minimum atomic E-state index is -4.33. The molecule has 1 N–H and O–H groups in total. The lowest BCUT2D eigenvalue weighted by atomic mass is 10.2. The molecule has 0 amide bonds. The number of anilines is 1. The molecule has 0 saturated heterocycles. The van der Waals surface area contributed by atoms with E-state index in [4.69, 9.17) is 0 Å². The molecule has 0 aliphatic rings. The summed E-state index contributed by atoms with van der Waals surface area (Å²) in [5.41, 5.74) is 0.859. The van der Waals surface area contributed by atoms with Crippen LogP contribution in [0, 0.1) is 6.92 Å². The van der Waals surface area contributed by atoms with Gasteiger partial charge < -0.3 is 5.32 Å². The molecule has 0 aliphatic heterocycles. The van der Waals surface area contributed by atoms with E-state index in [1.54, 1.807) is 30.3 Å². The van der Waals surface area contributed by atoms with Crippen LogP contribution in [0.25, 0.3) is 0 Å². The highest BCUT2D eigenvalue weighted by atomic mass is 79.9. The third kappa shape index (κ3) is 4.75. The van der Waals surface area contributed by atoms with Crippen molar-refractivity contribution in [1.82, 2.24) is 4.98 Å². The molecule has 3 aromatic rings. The number of nitrogens with one attached hydrogen (secondary N) is 1. The van der Waals surface area contributed by atoms with Gasteiger partial charge in [0.15, 0.2) is 4.24 Å². The Bertz CT molecular complexity index is 1240. The van der Waals surface area contributed by atoms with Gasteiger partial charge in [0.1, 0.15) is 5.82 Å². The monoisotopic (exact) mass is 492 g/mol. The van der Waals surface area contributed by atoms with Crippen molar-refractivity contribution in [3.63, 3.8) is 0 Å². The molecule has 0 aliphatic carbocycles. The van der Waals surface area contributed by atoms with Crippen molar-refractivity contribution >= 4 is 41.4 Å². The second-order valence-electron chi connectivity index (χ2n) is 6.10. The second kappa shape index (κ2) is 8.48. The first-order valence-corrected chi connectivity index (χ1v) is 12.2. The standard InChI is InChI=1S/C20H17BrN2O4S2/c1-15-7-10-18(11-8-15)29(26,27)20(14-23-19-12-9-16(21)13-22-19)28(24,25)17-5-3-2-4-6-17/h2-14H,1H3,(H,22,23). The van der Waals surface area contributed by atoms with Gasteiger partial charge in [0.25, 0.3) is 0 Å². The van der Waals surface area contributed by atoms with Gasteiger partial charge in [0, 0.05) is 16.9 Å². The van der Waals surface area contributed by atoms with Gasteiger partial charge in [-0.25, -0.2) is 21.8 Å². The number of hydrogen-bond donors (Lipinski definition) is 1. The molecule has 0 unspecified atom stereocenters. The Labute approximate surface area is 178 Å². The third-order valence-electron chi connectivity index (χ3n) is 3.98. The topological polar surface area (TPSA) is 93.2 Å². The van der Waals surface area contributed by atoms with Crippen LogP contribution in [0.2, 0.25) is 0 Å². The Balaban J connectivity index is 2.14. The number of benzene rings is 2. The molecule has 0 radical (unpaired) electrons. The van der Waals surface area contributed by atoms with Crippen LogP contribution in [0.5, 0.6) is 0 Å². The molecule has 29 heavy (non-hydrogen) atoms. The highest BCUT2D eigenvalue weighted by Crippen LogP contribution is 2.29. The predicted molar refractivity (Wildman–Crippen MR) is 116 cm³/mol. The van der Waals surface area contributed by atoms with E-state index in [2.05, 4.69) is 26.2 Å². The number of nitrogens with zero attached hydrogens (tertiary/aromatic N) is 1. The molecule has 2 aromatic carbocycles. The molecule has 0 bridgehead atoms. The molecule has 9 heteroatoms. The minimum Gasteiger partial charge on any atom is -0.345 e. The van der Waals surface area contributed by atoms with Crippen LogP contribution in [0.4, 0.5) is 5.82 Å². The summed E-state index contributed by atoms with van der Waals surface area (Å²) < 4.78 is 52.8. The van der Waals surface area contributed by atoms with Gasteiger partial charge in [-0.2, -0.15) is 0 Å².